The van der Waals surface area contributed by atoms with Gasteiger partial charge in [0, 0.05) is 22.8 Å². The maximum absolute atomic E-state index is 13.3. The van der Waals surface area contributed by atoms with E-state index in [4.69, 9.17) is 5.73 Å². The van der Waals surface area contributed by atoms with Gasteiger partial charge in [0.25, 0.3) is 5.91 Å². The van der Waals surface area contributed by atoms with Crippen LogP contribution in [0.25, 0.3) is 20.9 Å². The van der Waals surface area contributed by atoms with Crippen LogP contribution in [0.1, 0.15) is 15.2 Å². The summed E-state index contributed by atoms with van der Waals surface area (Å²) in [5.41, 5.74) is 6.82. The summed E-state index contributed by atoms with van der Waals surface area (Å²) in [6.45, 7) is 0.402. The lowest BCUT2D eigenvalue weighted by molar-refractivity contribution is 0.0955. The summed E-state index contributed by atoms with van der Waals surface area (Å²) in [4.78, 5) is 17.0. The van der Waals surface area contributed by atoms with E-state index in [-0.39, 0.29) is 11.7 Å². The number of pyridine rings is 1. The first-order chi connectivity index (χ1) is 12.1. The average Bonchev–Trinajstić information content (AvgIpc) is 3.03. The van der Waals surface area contributed by atoms with Crippen molar-refractivity contribution in [1.29, 1.82) is 0 Å². The Bertz CT molecular complexity index is 1110. The minimum Gasteiger partial charge on any atom is -0.383 e. The Kier molecular flexibility index (Phi) is 3.82. The number of benzene rings is 2. The van der Waals surface area contributed by atoms with Gasteiger partial charge in [-0.2, -0.15) is 0 Å². The first-order valence-corrected chi connectivity index (χ1v) is 8.52. The van der Waals surface area contributed by atoms with Gasteiger partial charge in [0.15, 0.2) is 0 Å². The van der Waals surface area contributed by atoms with Crippen molar-refractivity contribution in [2.45, 2.75) is 6.54 Å². The minimum absolute atomic E-state index is 0.170. The van der Waals surface area contributed by atoms with Gasteiger partial charge in [0.1, 0.15) is 11.6 Å². The number of carbonyl (C=O) groups is 1. The Labute approximate surface area is 147 Å². The number of aromatic nitrogens is 1. The molecule has 0 atom stereocenters. The summed E-state index contributed by atoms with van der Waals surface area (Å²) in [6, 6.07) is 13.9. The van der Waals surface area contributed by atoms with Crippen LogP contribution in [0.4, 0.5) is 10.2 Å². The molecule has 0 bridgehead atoms. The molecule has 6 heteroatoms. The first kappa shape index (κ1) is 15.5. The molecule has 0 spiro atoms. The molecular formula is C19H14FN3OS. The molecule has 4 aromatic rings. The van der Waals surface area contributed by atoms with Gasteiger partial charge in [0.2, 0.25) is 0 Å². The van der Waals surface area contributed by atoms with E-state index in [1.807, 2.05) is 24.3 Å². The largest absolute Gasteiger partial charge is 0.383 e. The van der Waals surface area contributed by atoms with Crippen molar-refractivity contribution in [3.05, 3.63) is 71.0 Å². The monoisotopic (exact) mass is 351 g/mol. The second kappa shape index (κ2) is 6.14. The zero-order chi connectivity index (χ0) is 17.4. The lowest BCUT2D eigenvalue weighted by Crippen LogP contribution is -2.21. The summed E-state index contributed by atoms with van der Waals surface area (Å²) in [5, 5.41) is 5.52. The number of anilines is 1. The zero-order valence-electron chi connectivity index (χ0n) is 13.1. The third-order valence-electron chi connectivity index (χ3n) is 4.01. The van der Waals surface area contributed by atoms with Crippen molar-refractivity contribution < 1.29 is 9.18 Å². The molecule has 0 aliphatic carbocycles. The van der Waals surface area contributed by atoms with Crippen LogP contribution in [0.3, 0.4) is 0 Å². The van der Waals surface area contributed by atoms with Gasteiger partial charge in [-0.25, -0.2) is 9.37 Å². The van der Waals surface area contributed by atoms with Crippen molar-refractivity contribution in [3.63, 3.8) is 0 Å². The highest BCUT2D eigenvalue weighted by Gasteiger charge is 2.11. The summed E-state index contributed by atoms with van der Waals surface area (Å²) < 4.78 is 14.2. The Morgan fingerprint density at radius 1 is 1.12 bits per heavy atom. The molecule has 2 aromatic heterocycles. The van der Waals surface area contributed by atoms with Crippen LogP contribution in [0.15, 0.2) is 54.7 Å². The molecule has 2 heterocycles. The highest BCUT2D eigenvalue weighted by Crippen LogP contribution is 2.26. The van der Waals surface area contributed by atoms with Crippen molar-refractivity contribution >= 4 is 43.9 Å². The van der Waals surface area contributed by atoms with Gasteiger partial charge < -0.3 is 11.1 Å². The fraction of sp³-hybridized carbons (Fsp3) is 0.0526. The predicted octanol–water partition coefficient (Wildman–Crippen LogP) is 4.10. The number of hydrogen-bond donors (Lipinski definition) is 2. The number of nitrogens with zero attached hydrogens (tertiary/aromatic N) is 1. The molecule has 0 aliphatic rings. The van der Waals surface area contributed by atoms with Gasteiger partial charge in [0.05, 0.1) is 4.88 Å². The molecule has 4 rings (SSSR count). The Morgan fingerprint density at radius 2 is 2.00 bits per heavy atom. The van der Waals surface area contributed by atoms with Crippen molar-refractivity contribution in [2.24, 2.45) is 0 Å². The summed E-state index contributed by atoms with van der Waals surface area (Å²) in [7, 11) is 0. The normalized spacial score (nSPS) is 11.1. The maximum atomic E-state index is 13.3. The Morgan fingerprint density at radius 3 is 2.88 bits per heavy atom. The molecule has 4 nitrogen and oxygen atoms in total. The van der Waals surface area contributed by atoms with Gasteiger partial charge in [-0.1, -0.05) is 12.1 Å². The highest BCUT2D eigenvalue weighted by molar-refractivity contribution is 7.20. The number of nitrogens with one attached hydrogen (secondary N) is 1. The van der Waals surface area contributed by atoms with Gasteiger partial charge in [-0.3, -0.25) is 4.79 Å². The summed E-state index contributed by atoms with van der Waals surface area (Å²) >= 11 is 1.35. The second-order valence-corrected chi connectivity index (χ2v) is 6.81. The number of hydrogen-bond acceptors (Lipinski definition) is 4. The minimum atomic E-state index is -0.304. The highest BCUT2D eigenvalue weighted by atomic mass is 32.1. The smallest absolute Gasteiger partial charge is 0.261 e. The van der Waals surface area contributed by atoms with Crippen LogP contribution in [0.2, 0.25) is 0 Å². The van der Waals surface area contributed by atoms with Crippen LogP contribution >= 0.6 is 11.3 Å². The summed E-state index contributed by atoms with van der Waals surface area (Å²) in [6.07, 6.45) is 1.66. The zero-order valence-corrected chi connectivity index (χ0v) is 13.9. The predicted molar refractivity (Wildman–Crippen MR) is 99.1 cm³/mol. The molecule has 0 fully saturated rings. The molecule has 3 N–H and O–H groups in total. The lowest BCUT2D eigenvalue weighted by atomic mass is 10.1. The number of halogens is 1. The van der Waals surface area contributed by atoms with Crippen molar-refractivity contribution in [3.8, 4) is 0 Å². The molecule has 1 amide bonds. The number of amides is 1. The van der Waals surface area contributed by atoms with Crippen molar-refractivity contribution in [2.75, 3.05) is 5.73 Å². The fourth-order valence-corrected chi connectivity index (χ4v) is 3.72. The molecule has 25 heavy (non-hydrogen) atoms. The van der Waals surface area contributed by atoms with Gasteiger partial charge >= 0.3 is 0 Å². The van der Waals surface area contributed by atoms with E-state index in [9.17, 15) is 9.18 Å². The van der Waals surface area contributed by atoms with E-state index in [0.717, 1.165) is 26.4 Å². The average molecular weight is 351 g/mol. The molecule has 2 aromatic carbocycles. The number of nitrogens with two attached hydrogens (primary N) is 1. The maximum Gasteiger partial charge on any atom is 0.261 e. The third kappa shape index (κ3) is 3.04. The van der Waals surface area contributed by atoms with Crippen LogP contribution in [0, 0.1) is 5.82 Å². The number of fused-ring (bicyclic) bond motifs is 2. The van der Waals surface area contributed by atoms with Crippen LogP contribution in [0.5, 0.6) is 0 Å². The quantitative estimate of drug-likeness (QED) is 0.584. The van der Waals surface area contributed by atoms with Crippen LogP contribution in [-0.4, -0.2) is 10.9 Å². The first-order valence-electron chi connectivity index (χ1n) is 7.70. The molecule has 0 aliphatic heterocycles. The van der Waals surface area contributed by atoms with E-state index < -0.39 is 0 Å². The molecule has 0 unspecified atom stereocenters. The Balaban J connectivity index is 1.52. The van der Waals surface area contributed by atoms with Crippen molar-refractivity contribution in [1.82, 2.24) is 10.3 Å². The van der Waals surface area contributed by atoms with Crippen LogP contribution < -0.4 is 11.1 Å². The van der Waals surface area contributed by atoms with Crippen LogP contribution in [-0.2, 0) is 6.54 Å². The molecule has 0 saturated heterocycles. The van der Waals surface area contributed by atoms with Gasteiger partial charge in [-0.15, -0.1) is 11.3 Å². The second-order valence-electron chi connectivity index (χ2n) is 5.73. The van der Waals surface area contributed by atoms with E-state index in [0.29, 0.717) is 17.2 Å². The Hall–Kier alpha value is -2.99. The molecular weight excluding hydrogens is 337 g/mol. The molecule has 0 radical (unpaired) electrons. The number of thiophene rings is 1. The van der Waals surface area contributed by atoms with E-state index in [1.54, 1.807) is 18.3 Å². The number of nitrogen functional groups attached to an aromatic ring is 1. The van der Waals surface area contributed by atoms with E-state index >= 15 is 0 Å². The number of carbonyl (C=O) groups excluding carboxylic acids is 1. The van der Waals surface area contributed by atoms with Gasteiger partial charge in [-0.05, 0) is 52.7 Å². The standard InChI is InChI=1S/C19H14FN3OS/c20-14-2-4-16-13(8-14)9-17(25-16)19(24)23-10-11-1-3-15-12(7-11)5-6-22-18(15)21/h1-9H,10H2,(H2,21,22)(H,23,24). The molecule has 0 saturated carbocycles. The topological polar surface area (TPSA) is 68.0 Å². The SMILES string of the molecule is Nc1nccc2cc(CNC(=O)c3cc4cc(F)ccc4s3)ccc12. The molecule has 124 valence electrons. The third-order valence-corrected chi connectivity index (χ3v) is 5.13. The lowest BCUT2D eigenvalue weighted by Gasteiger charge is -2.06. The fourth-order valence-electron chi connectivity index (χ4n) is 2.76. The number of rotatable bonds is 3. The van der Waals surface area contributed by atoms with E-state index in [1.165, 1.54) is 23.5 Å². The summed E-state index contributed by atoms with van der Waals surface area (Å²) in [5.74, 6) is 0.0173. The van der Waals surface area contributed by atoms with E-state index in [2.05, 4.69) is 10.3 Å².